The zero-order valence-corrected chi connectivity index (χ0v) is 14.9. The molecule has 2 N–H and O–H groups in total. The van der Waals surface area contributed by atoms with Crippen molar-refractivity contribution in [3.05, 3.63) is 77.1 Å². The largest absolute Gasteiger partial charge is 0.481 e. The summed E-state index contributed by atoms with van der Waals surface area (Å²) in [6.07, 6.45) is 3.07. The standard InChI is InChI=1S/C20H18N4O4/c1-2-11-24-19(27)15-8-4-5-9-16(15)22-20(24)23-21-12-14-7-3-6-10-17(14)28-13-18(25)26/h2-10,12H,1,11,13H2,(H,22,23)(H,25,26). The molecular formula is C20H18N4O4. The Morgan fingerprint density at radius 3 is 2.79 bits per heavy atom. The van der Waals surface area contributed by atoms with Gasteiger partial charge in [-0.3, -0.25) is 9.36 Å². The van der Waals surface area contributed by atoms with E-state index in [9.17, 15) is 9.59 Å². The first kappa shape index (κ1) is 18.8. The predicted molar refractivity (Wildman–Crippen MR) is 107 cm³/mol. The Bertz CT molecular complexity index is 1100. The van der Waals surface area contributed by atoms with E-state index in [1.807, 2.05) is 0 Å². The van der Waals surface area contributed by atoms with Gasteiger partial charge in [-0.15, -0.1) is 6.58 Å². The molecule has 0 radical (unpaired) electrons. The van der Waals surface area contributed by atoms with E-state index in [0.717, 1.165) is 0 Å². The molecule has 1 aromatic heterocycles. The number of anilines is 1. The summed E-state index contributed by atoms with van der Waals surface area (Å²) >= 11 is 0. The van der Waals surface area contributed by atoms with Crippen LogP contribution in [0.15, 0.2) is 71.1 Å². The number of fused-ring (bicyclic) bond motifs is 1. The number of aromatic nitrogens is 2. The number of carboxylic acid groups (broad SMARTS) is 1. The van der Waals surface area contributed by atoms with Crippen LogP contribution >= 0.6 is 0 Å². The van der Waals surface area contributed by atoms with E-state index in [1.165, 1.54) is 10.8 Å². The first-order valence-electron chi connectivity index (χ1n) is 8.43. The highest BCUT2D eigenvalue weighted by Crippen LogP contribution is 2.16. The van der Waals surface area contributed by atoms with Crippen molar-refractivity contribution in [1.82, 2.24) is 9.55 Å². The van der Waals surface area contributed by atoms with Crippen LogP contribution in [0.5, 0.6) is 5.75 Å². The Balaban J connectivity index is 1.89. The van der Waals surface area contributed by atoms with Gasteiger partial charge < -0.3 is 9.84 Å². The number of carboxylic acids is 1. The molecule has 0 aliphatic rings. The van der Waals surface area contributed by atoms with Crippen molar-refractivity contribution in [1.29, 1.82) is 0 Å². The van der Waals surface area contributed by atoms with Gasteiger partial charge in [-0.05, 0) is 24.3 Å². The lowest BCUT2D eigenvalue weighted by Crippen LogP contribution is -2.23. The summed E-state index contributed by atoms with van der Waals surface area (Å²) in [6.45, 7) is 3.49. The van der Waals surface area contributed by atoms with Gasteiger partial charge in [-0.1, -0.05) is 30.3 Å². The predicted octanol–water partition coefficient (Wildman–Crippen LogP) is 2.49. The molecule has 0 atom stereocenters. The fraction of sp³-hybridized carbons (Fsp3) is 0.100. The number of rotatable bonds is 8. The minimum atomic E-state index is -1.07. The molecule has 0 bridgehead atoms. The number of benzene rings is 2. The number of nitrogens with zero attached hydrogens (tertiary/aromatic N) is 3. The zero-order chi connectivity index (χ0) is 19.9. The molecule has 0 unspecified atom stereocenters. The number of allylic oxidation sites excluding steroid dienone is 1. The van der Waals surface area contributed by atoms with Crippen molar-refractivity contribution < 1.29 is 14.6 Å². The minimum absolute atomic E-state index is 0.201. The average molecular weight is 378 g/mol. The molecule has 3 rings (SSSR count). The molecule has 142 valence electrons. The van der Waals surface area contributed by atoms with E-state index >= 15 is 0 Å². The molecule has 3 aromatic rings. The molecule has 8 nitrogen and oxygen atoms in total. The normalized spacial score (nSPS) is 10.9. The first-order chi connectivity index (χ1) is 13.6. The van der Waals surface area contributed by atoms with E-state index < -0.39 is 12.6 Å². The molecule has 2 aromatic carbocycles. The lowest BCUT2D eigenvalue weighted by molar-refractivity contribution is -0.139. The maximum Gasteiger partial charge on any atom is 0.341 e. The van der Waals surface area contributed by atoms with Crippen molar-refractivity contribution >= 4 is 29.0 Å². The number of para-hydroxylation sites is 2. The van der Waals surface area contributed by atoms with Crippen molar-refractivity contribution in [3.8, 4) is 5.75 Å². The quantitative estimate of drug-likeness (QED) is 0.354. The lowest BCUT2D eigenvalue weighted by Gasteiger charge is -2.11. The molecule has 0 fully saturated rings. The highest BCUT2D eigenvalue weighted by molar-refractivity contribution is 5.84. The van der Waals surface area contributed by atoms with Gasteiger partial charge in [0.05, 0.1) is 17.1 Å². The fourth-order valence-electron chi connectivity index (χ4n) is 2.57. The molecule has 28 heavy (non-hydrogen) atoms. The SMILES string of the molecule is C=CCn1c(NN=Cc2ccccc2OCC(=O)O)nc2ccccc2c1=O. The summed E-state index contributed by atoms with van der Waals surface area (Å²) < 4.78 is 6.67. The van der Waals surface area contributed by atoms with Crippen LogP contribution in [0.2, 0.25) is 0 Å². The Morgan fingerprint density at radius 1 is 1.25 bits per heavy atom. The summed E-state index contributed by atoms with van der Waals surface area (Å²) in [6, 6.07) is 13.9. The maximum atomic E-state index is 12.7. The molecule has 8 heteroatoms. The monoisotopic (exact) mass is 378 g/mol. The van der Waals surface area contributed by atoms with Gasteiger partial charge in [0.15, 0.2) is 6.61 Å². The molecule has 0 spiro atoms. The molecule has 0 aliphatic carbocycles. The molecule has 0 amide bonds. The Hall–Kier alpha value is -3.94. The second-order valence-corrected chi connectivity index (χ2v) is 5.75. The third-order valence-corrected chi connectivity index (χ3v) is 3.81. The summed E-state index contributed by atoms with van der Waals surface area (Å²) in [4.78, 5) is 27.8. The highest BCUT2D eigenvalue weighted by atomic mass is 16.5. The zero-order valence-electron chi connectivity index (χ0n) is 14.9. The Kier molecular flexibility index (Phi) is 5.81. The van der Waals surface area contributed by atoms with Gasteiger partial charge in [0.2, 0.25) is 5.95 Å². The van der Waals surface area contributed by atoms with Crippen LogP contribution in [0, 0.1) is 0 Å². The summed E-state index contributed by atoms with van der Waals surface area (Å²) in [5.41, 5.74) is 3.70. The molecule has 0 aliphatic heterocycles. The van der Waals surface area contributed by atoms with Gasteiger partial charge in [0.25, 0.3) is 5.56 Å². The highest BCUT2D eigenvalue weighted by Gasteiger charge is 2.09. The second kappa shape index (κ2) is 8.63. The average Bonchev–Trinajstić information content (AvgIpc) is 2.70. The number of ether oxygens (including phenoxy) is 1. The van der Waals surface area contributed by atoms with Crippen molar-refractivity contribution in [2.75, 3.05) is 12.0 Å². The number of nitrogens with one attached hydrogen (secondary N) is 1. The van der Waals surface area contributed by atoms with E-state index in [2.05, 4.69) is 22.1 Å². The van der Waals surface area contributed by atoms with E-state index in [-0.39, 0.29) is 18.1 Å². The molecule has 1 heterocycles. The van der Waals surface area contributed by atoms with E-state index in [4.69, 9.17) is 9.84 Å². The third kappa shape index (κ3) is 4.24. The van der Waals surface area contributed by atoms with Gasteiger partial charge >= 0.3 is 5.97 Å². The summed E-state index contributed by atoms with van der Waals surface area (Å²) in [7, 11) is 0. The van der Waals surface area contributed by atoms with Crippen LogP contribution in [-0.4, -0.2) is 33.4 Å². The second-order valence-electron chi connectivity index (χ2n) is 5.75. The molecular weight excluding hydrogens is 360 g/mol. The van der Waals surface area contributed by atoms with Crippen molar-refractivity contribution in [2.45, 2.75) is 6.54 Å². The smallest absolute Gasteiger partial charge is 0.341 e. The summed E-state index contributed by atoms with van der Waals surface area (Å²) in [5, 5.41) is 13.4. The van der Waals surface area contributed by atoms with Crippen LogP contribution in [0.4, 0.5) is 5.95 Å². The maximum absolute atomic E-state index is 12.7. The molecule has 0 saturated heterocycles. The summed E-state index contributed by atoms with van der Waals surface area (Å²) in [5.74, 6) is -0.423. The van der Waals surface area contributed by atoms with Gasteiger partial charge in [0.1, 0.15) is 5.75 Å². The Labute approximate surface area is 160 Å². The number of hydrogen-bond acceptors (Lipinski definition) is 6. The van der Waals surface area contributed by atoms with E-state index in [0.29, 0.717) is 22.2 Å². The van der Waals surface area contributed by atoms with Crippen LogP contribution in [-0.2, 0) is 11.3 Å². The van der Waals surface area contributed by atoms with Crippen molar-refractivity contribution in [3.63, 3.8) is 0 Å². The van der Waals surface area contributed by atoms with Crippen LogP contribution < -0.4 is 15.7 Å². The minimum Gasteiger partial charge on any atom is -0.481 e. The Morgan fingerprint density at radius 2 is 2.00 bits per heavy atom. The number of carbonyl (C=O) groups is 1. The third-order valence-electron chi connectivity index (χ3n) is 3.81. The molecule has 0 saturated carbocycles. The van der Waals surface area contributed by atoms with Gasteiger partial charge in [0, 0.05) is 12.1 Å². The fourth-order valence-corrected chi connectivity index (χ4v) is 2.57. The van der Waals surface area contributed by atoms with Crippen LogP contribution in [0.3, 0.4) is 0 Å². The number of hydrogen-bond donors (Lipinski definition) is 2. The van der Waals surface area contributed by atoms with Crippen LogP contribution in [0.25, 0.3) is 10.9 Å². The van der Waals surface area contributed by atoms with Gasteiger partial charge in [-0.25, -0.2) is 15.2 Å². The number of aliphatic carboxylic acids is 1. The van der Waals surface area contributed by atoms with Gasteiger partial charge in [-0.2, -0.15) is 5.10 Å². The van der Waals surface area contributed by atoms with Crippen LogP contribution in [0.1, 0.15) is 5.56 Å². The van der Waals surface area contributed by atoms with Crippen molar-refractivity contribution in [2.24, 2.45) is 5.10 Å². The van der Waals surface area contributed by atoms with E-state index in [1.54, 1.807) is 54.6 Å². The first-order valence-corrected chi connectivity index (χ1v) is 8.43. The topological polar surface area (TPSA) is 106 Å². The number of hydrazone groups is 1. The lowest BCUT2D eigenvalue weighted by atomic mass is 10.2.